The molecule has 0 spiro atoms. The molecule has 0 radical (unpaired) electrons. The van der Waals surface area contributed by atoms with E-state index in [2.05, 4.69) is 32.6 Å². The molecule has 0 aromatic rings. The summed E-state index contributed by atoms with van der Waals surface area (Å²) in [5.41, 5.74) is 3.17. The minimum absolute atomic E-state index is 0. The van der Waals surface area contributed by atoms with Crippen molar-refractivity contribution in [2.24, 2.45) is 23.2 Å². The van der Waals surface area contributed by atoms with E-state index in [4.69, 9.17) is 0 Å². The van der Waals surface area contributed by atoms with Crippen LogP contribution in [0.3, 0.4) is 0 Å². The quantitative estimate of drug-likeness (QED) is 0.557. The van der Waals surface area contributed by atoms with Gasteiger partial charge in [-0.25, -0.2) is 0 Å². The molecule has 0 amide bonds. The van der Waals surface area contributed by atoms with E-state index in [0.717, 1.165) is 29.9 Å². The Kier molecular flexibility index (Phi) is 9.72. The maximum absolute atomic E-state index is 10.1. The Balaban J connectivity index is 0.00000256. The third kappa shape index (κ3) is 6.58. The number of hydrogen-bond acceptors (Lipinski definition) is 3. The van der Waals surface area contributed by atoms with Crippen LogP contribution >= 0.6 is 0 Å². The van der Waals surface area contributed by atoms with E-state index in [1.807, 2.05) is 13.8 Å². The van der Waals surface area contributed by atoms with E-state index in [1.54, 1.807) is 5.57 Å². The fourth-order valence-corrected chi connectivity index (χ4v) is 6.74. The minimum atomic E-state index is -0.615. The minimum Gasteiger partial charge on any atom is -1.00 e. The van der Waals surface area contributed by atoms with Crippen LogP contribution in [0.4, 0.5) is 0 Å². The van der Waals surface area contributed by atoms with E-state index in [9.17, 15) is 15.3 Å². The van der Waals surface area contributed by atoms with Gasteiger partial charge in [0.1, 0.15) is 0 Å². The molecule has 3 rings (SSSR count). The molecule has 172 valence electrons. The summed E-state index contributed by atoms with van der Waals surface area (Å²) in [6, 6.07) is 0. The van der Waals surface area contributed by atoms with Crippen molar-refractivity contribution in [1.82, 2.24) is 0 Å². The van der Waals surface area contributed by atoms with Crippen LogP contribution in [0.1, 0.15) is 93.3 Å². The van der Waals surface area contributed by atoms with Gasteiger partial charge in [-0.1, -0.05) is 51.0 Å². The molecule has 4 heteroatoms. The second kappa shape index (κ2) is 11.0. The van der Waals surface area contributed by atoms with Gasteiger partial charge in [-0.05, 0) is 93.1 Å². The molecule has 0 heterocycles. The molecule has 3 aliphatic rings. The Hall–Kier alpha value is 0.1000. The number of rotatable bonds is 6. The monoisotopic (exact) mass is 440 g/mol. The maximum Gasteiger partial charge on any atom is 1.00 e. The van der Waals surface area contributed by atoms with Gasteiger partial charge in [-0.3, -0.25) is 0 Å². The molecule has 6 atom stereocenters. The molecular formula is C27H45NaO3. The smallest absolute Gasteiger partial charge is 1.00 e. The van der Waals surface area contributed by atoms with E-state index in [-0.39, 0.29) is 31.0 Å². The molecule has 3 nitrogen and oxygen atoms in total. The van der Waals surface area contributed by atoms with Gasteiger partial charge in [0, 0.05) is 6.42 Å². The third-order valence-corrected chi connectivity index (χ3v) is 8.44. The molecule has 3 N–H and O–H groups in total. The average Bonchev–Trinajstić information content (AvgIpc) is 3.00. The van der Waals surface area contributed by atoms with Crippen molar-refractivity contribution in [2.45, 2.75) is 110 Å². The molecule has 0 saturated heterocycles. The van der Waals surface area contributed by atoms with Crippen LogP contribution < -0.4 is 29.6 Å². The van der Waals surface area contributed by atoms with Gasteiger partial charge in [0.05, 0.1) is 17.8 Å². The summed E-state index contributed by atoms with van der Waals surface area (Å²) in [5.74, 6) is 2.11. The summed E-state index contributed by atoms with van der Waals surface area (Å²) in [7, 11) is 0. The van der Waals surface area contributed by atoms with Gasteiger partial charge in [-0.15, -0.1) is 0 Å². The Morgan fingerprint density at radius 1 is 1.26 bits per heavy atom. The first-order valence-corrected chi connectivity index (χ1v) is 12.2. The Morgan fingerprint density at radius 3 is 2.65 bits per heavy atom. The first-order valence-electron chi connectivity index (χ1n) is 12.2. The molecule has 3 saturated carbocycles. The molecule has 0 unspecified atom stereocenters. The molecule has 3 aliphatic carbocycles. The molecule has 3 fully saturated rings. The van der Waals surface area contributed by atoms with Gasteiger partial charge in [0.15, 0.2) is 0 Å². The summed E-state index contributed by atoms with van der Waals surface area (Å²) >= 11 is 0. The SMILES string of the molecule is C=C1/C(=C\C=C2/CCC[C@]3(C)[C@@H]([C@H](C)CCCC(C)(C)O)CC[C@@H]23)C[C@@H](O)C[C@@H]1O.[H-].[Na+]. The summed E-state index contributed by atoms with van der Waals surface area (Å²) in [4.78, 5) is 0. The van der Waals surface area contributed by atoms with Crippen LogP contribution in [0.5, 0.6) is 0 Å². The topological polar surface area (TPSA) is 60.7 Å². The van der Waals surface area contributed by atoms with Gasteiger partial charge in [0.25, 0.3) is 0 Å². The number of hydrogen-bond donors (Lipinski definition) is 3. The standard InChI is InChI=1S/C27H44O3.Na.H/c1-18(8-6-14-26(3,4)30)23-12-13-24-20(9-7-15-27(23,24)5)10-11-21-16-22(28)17-25(29)19(21)2;;/h10-11,18,22-25,28-30H,2,6-9,12-17H2,1,3-5H3;;/q;+1;-1/b20-10+,21-11-;;/t18-,22-,23-,24+,25+,27-;;/m1../s1. The molecule has 31 heavy (non-hydrogen) atoms. The van der Waals surface area contributed by atoms with E-state index < -0.39 is 17.8 Å². The Labute approximate surface area is 213 Å². The zero-order chi connectivity index (χ0) is 22.1. The first kappa shape index (κ1) is 27.3. The maximum atomic E-state index is 10.1. The van der Waals surface area contributed by atoms with Gasteiger partial charge >= 0.3 is 29.6 Å². The predicted molar refractivity (Wildman–Crippen MR) is 125 cm³/mol. The van der Waals surface area contributed by atoms with Gasteiger partial charge in [-0.2, -0.15) is 0 Å². The van der Waals surface area contributed by atoms with E-state index in [1.165, 1.54) is 38.5 Å². The fourth-order valence-electron chi connectivity index (χ4n) is 6.74. The van der Waals surface area contributed by atoms with Crippen LogP contribution in [0.2, 0.25) is 0 Å². The van der Waals surface area contributed by atoms with Crippen LogP contribution in [0.15, 0.2) is 35.5 Å². The summed E-state index contributed by atoms with van der Waals surface area (Å²) in [6.07, 6.45) is 13.9. The zero-order valence-electron chi connectivity index (χ0n) is 21.7. The fraction of sp³-hybridized carbons (Fsp3) is 0.778. The first-order chi connectivity index (χ1) is 14.0. The Morgan fingerprint density at radius 2 is 1.97 bits per heavy atom. The average molecular weight is 441 g/mol. The van der Waals surface area contributed by atoms with Gasteiger partial charge in [0.2, 0.25) is 0 Å². The molecule has 0 aromatic carbocycles. The molecule has 0 aromatic heterocycles. The largest absolute Gasteiger partial charge is 1.00 e. The van der Waals surface area contributed by atoms with Crippen LogP contribution in [0, 0.1) is 23.2 Å². The third-order valence-electron chi connectivity index (χ3n) is 8.44. The number of allylic oxidation sites excluding steroid dienone is 3. The van der Waals surface area contributed by atoms with Crippen molar-refractivity contribution >= 4 is 0 Å². The van der Waals surface area contributed by atoms with Crippen molar-refractivity contribution in [2.75, 3.05) is 0 Å². The second-order valence-corrected chi connectivity index (χ2v) is 11.3. The predicted octanol–water partition coefficient (Wildman–Crippen LogP) is 2.82. The van der Waals surface area contributed by atoms with Crippen molar-refractivity contribution in [1.29, 1.82) is 0 Å². The molecular weight excluding hydrogens is 395 g/mol. The van der Waals surface area contributed by atoms with E-state index >= 15 is 0 Å². The molecule has 0 aliphatic heterocycles. The number of aliphatic hydroxyl groups excluding tert-OH is 2. The summed E-state index contributed by atoms with van der Waals surface area (Å²) in [5, 5.41) is 30.2. The number of fused-ring (bicyclic) bond motifs is 1. The summed E-state index contributed by atoms with van der Waals surface area (Å²) < 4.78 is 0. The number of aliphatic hydroxyl groups is 3. The van der Waals surface area contributed by atoms with E-state index in [0.29, 0.717) is 30.1 Å². The van der Waals surface area contributed by atoms with Crippen molar-refractivity contribution < 1.29 is 46.3 Å². The zero-order valence-corrected chi connectivity index (χ0v) is 22.7. The van der Waals surface area contributed by atoms with Crippen molar-refractivity contribution in [3.05, 3.63) is 35.5 Å². The van der Waals surface area contributed by atoms with Crippen molar-refractivity contribution in [3.8, 4) is 0 Å². The molecule has 0 bridgehead atoms. The normalized spacial score (nSPS) is 37.6. The van der Waals surface area contributed by atoms with Gasteiger partial charge < -0.3 is 16.7 Å². The summed E-state index contributed by atoms with van der Waals surface area (Å²) in [6.45, 7) is 12.8. The Bertz CT molecular complexity index is 696. The van der Waals surface area contributed by atoms with Crippen LogP contribution in [0.25, 0.3) is 0 Å². The van der Waals surface area contributed by atoms with Crippen LogP contribution in [-0.2, 0) is 0 Å². The second-order valence-electron chi connectivity index (χ2n) is 11.3. The van der Waals surface area contributed by atoms with Crippen molar-refractivity contribution in [3.63, 3.8) is 0 Å². The van der Waals surface area contributed by atoms with Crippen LogP contribution in [-0.4, -0.2) is 33.1 Å².